The molecule has 6 nitrogen and oxygen atoms in total. The summed E-state index contributed by atoms with van der Waals surface area (Å²) in [5.41, 5.74) is 9.49. The van der Waals surface area contributed by atoms with Gasteiger partial charge in [-0.3, -0.25) is 4.57 Å². The van der Waals surface area contributed by atoms with Crippen LogP contribution in [0.5, 0.6) is 11.5 Å². The van der Waals surface area contributed by atoms with E-state index < -0.39 is 66.5 Å². The van der Waals surface area contributed by atoms with Gasteiger partial charge in [0.05, 0.1) is 45.6 Å². The fourth-order valence-corrected chi connectivity index (χ4v) is 11.4. The molecule has 420 valence electrons. The smallest absolute Gasteiger partial charge is 0.268 e. The Morgan fingerprint density at radius 2 is 1.11 bits per heavy atom. The third kappa shape index (κ3) is 9.86. The van der Waals surface area contributed by atoms with E-state index >= 15 is 0 Å². The van der Waals surface area contributed by atoms with Crippen LogP contribution >= 0.6 is 0 Å². The Hall–Kier alpha value is -9.09. The molecule has 4 aromatic heterocycles. The second-order valence-corrected chi connectivity index (χ2v) is 24.4. The molecule has 0 atom stereocenters. The average molecular weight is 1300 g/mol. The summed E-state index contributed by atoms with van der Waals surface area (Å²) in [6, 6.07) is 47.6. The van der Waals surface area contributed by atoms with Gasteiger partial charge in [0.1, 0.15) is 5.82 Å². The zero-order chi connectivity index (χ0) is 69.0. The van der Waals surface area contributed by atoms with Crippen molar-refractivity contribution in [2.45, 2.75) is 78.6 Å². The molecule has 0 saturated carbocycles. The van der Waals surface area contributed by atoms with Crippen molar-refractivity contribution in [3.8, 4) is 67.8 Å². The van der Waals surface area contributed by atoms with Crippen LogP contribution in [-0.2, 0) is 37.3 Å². The molecule has 0 aliphatic heterocycles. The number of benzene rings is 10. The molecule has 0 aliphatic rings. The van der Waals surface area contributed by atoms with E-state index in [-0.39, 0.29) is 94.0 Å². The summed E-state index contributed by atoms with van der Waals surface area (Å²) in [7, 11) is 0. The maximum Gasteiger partial charge on any atom is 0.268 e. The van der Waals surface area contributed by atoms with Gasteiger partial charge in [0.25, 0.3) is 6.33 Å². The van der Waals surface area contributed by atoms with Gasteiger partial charge in [-0.25, -0.2) is 4.98 Å². The first kappa shape index (κ1) is 41.8. The fraction of sp³-hybridized carbons (Fsp3) is 0.154. The molecule has 0 unspecified atom stereocenters. The Morgan fingerprint density at radius 1 is 0.471 bits per heavy atom. The Morgan fingerprint density at radius 3 is 1.80 bits per heavy atom. The minimum absolute atomic E-state index is 0. The minimum atomic E-state index is -0.568. The monoisotopic (exact) mass is 1300 g/mol. The van der Waals surface area contributed by atoms with E-state index in [1.165, 1.54) is 4.57 Å². The van der Waals surface area contributed by atoms with Crippen molar-refractivity contribution >= 4 is 54.6 Å². The van der Waals surface area contributed by atoms with Gasteiger partial charge >= 0.3 is 0 Å². The van der Waals surface area contributed by atoms with Gasteiger partial charge in [0.15, 0.2) is 0 Å². The number of ether oxygens (including phenoxy) is 1. The fourth-order valence-electron chi connectivity index (χ4n) is 11.4. The minimum Gasteiger partial charge on any atom is -0.510 e. The largest absolute Gasteiger partial charge is 0.510 e. The van der Waals surface area contributed by atoms with Crippen LogP contribution in [0, 0.1) is 18.5 Å². The summed E-state index contributed by atoms with van der Waals surface area (Å²) < 4.78 is 134. The molecule has 14 rings (SSSR count). The van der Waals surface area contributed by atoms with E-state index in [1.54, 1.807) is 30.5 Å². The Kier molecular flexibility index (Phi) is 10.4. The predicted molar refractivity (Wildman–Crippen MR) is 347 cm³/mol. The van der Waals surface area contributed by atoms with Crippen molar-refractivity contribution in [1.29, 1.82) is 0 Å². The third-order valence-electron chi connectivity index (χ3n) is 15.7. The molecule has 0 N–H and O–H groups in total. The molecule has 0 saturated heterocycles. The summed E-state index contributed by atoms with van der Waals surface area (Å²) >= 11 is 0. The number of fused-ring (bicyclic) bond motifs is 7. The van der Waals surface area contributed by atoms with Crippen LogP contribution in [0.1, 0.15) is 96.8 Å². The number of hydrogen-bond acceptors (Lipinski definition) is 2. The van der Waals surface area contributed by atoms with Crippen molar-refractivity contribution in [2.24, 2.45) is 0 Å². The van der Waals surface area contributed by atoms with E-state index in [2.05, 4.69) is 99.0 Å². The number of hydrogen-bond donors (Lipinski definition) is 0. The van der Waals surface area contributed by atoms with E-state index in [0.29, 0.717) is 55.6 Å². The molecule has 0 radical (unpaired) electrons. The van der Waals surface area contributed by atoms with Crippen molar-refractivity contribution in [3.63, 3.8) is 0 Å². The maximum atomic E-state index is 9.67. The SMILES string of the molecule is [2H]c1c([2H])c([2H])c(-c2cccc(-c3cc(C(C)(C)C)cc(C(C)(C)C)c3)c2-[n+]2[c-]n(-c3[c-]c(Oc4[c-]c5c(c(-n6c7c([2H])c([2H])c([2H])c([2H])c7c7c([2H])c([2H])c([2H])c([2H])c76)c4)c4cc(-c6ccccc6)ccc4n5-c4cc(C(C)(C)C)ccn4)ccc3)c3ccccc32)c([2H])c1[2H].[Pt]. The third-order valence-corrected chi connectivity index (χ3v) is 15.7. The molecule has 0 amide bonds. The van der Waals surface area contributed by atoms with Crippen molar-refractivity contribution < 1.29 is 48.2 Å². The van der Waals surface area contributed by atoms with E-state index in [0.717, 1.165) is 38.9 Å². The number of pyridine rings is 1. The summed E-state index contributed by atoms with van der Waals surface area (Å²) in [4.78, 5) is 5.00. The standard InChI is InChI=1S/C78H65N5O.Pt/c1-76(2,3)55-40-41-79-73(46-55)83-68-39-38-53(51-24-12-10-13-25-51)44-65(68)74-71(82-66-34-18-16-30-63(66)64-31-17-19-35-67(64)82)48-60(49-72(74)83)84-59-29-22-28-58(47-59)80-50-81(70-37-21-20-36-69(70)80)75-61(52-26-14-11-15-27-52)32-23-33-62(75)54-42-56(77(4,5)6)45-57(43-54)78(7,8)9;/h10-46,48H,1-9H3;/q-2;/i11D,14D,15D,16D,17D,18D,19D,26D,27D,30D,31D,34D,35D;. The van der Waals surface area contributed by atoms with Crippen LogP contribution in [-0.4, -0.2) is 18.7 Å². The zero-order valence-corrected chi connectivity index (χ0v) is 50.7. The predicted octanol–water partition coefficient (Wildman–Crippen LogP) is 19.6. The molecule has 7 heteroatoms. The first-order chi connectivity index (χ1) is 45.9. The number of imidazole rings is 1. The molecular weight excluding hydrogens is 1220 g/mol. The van der Waals surface area contributed by atoms with Gasteiger partial charge in [-0.05, 0) is 113 Å². The Labute approximate surface area is 530 Å². The van der Waals surface area contributed by atoms with Crippen molar-refractivity contribution in [3.05, 3.63) is 265 Å². The van der Waals surface area contributed by atoms with Crippen LogP contribution in [0.2, 0.25) is 0 Å². The first-order valence-corrected chi connectivity index (χ1v) is 28.0. The van der Waals surface area contributed by atoms with E-state index in [4.69, 9.17) is 19.3 Å². The van der Waals surface area contributed by atoms with Crippen molar-refractivity contribution in [1.82, 2.24) is 18.7 Å². The summed E-state index contributed by atoms with van der Waals surface area (Å²) in [5, 5.41) is 0.989. The summed E-state index contributed by atoms with van der Waals surface area (Å²) in [6.07, 6.45) is 5.40. The molecule has 0 aliphatic carbocycles. The van der Waals surface area contributed by atoms with E-state index in [9.17, 15) is 8.22 Å². The molecule has 14 aromatic rings. The number of para-hydroxylation sites is 5. The van der Waals surface area contributed by atoms with Gasteiger partial charge in [0.2, 0.25) is 0 Å². The second kappa shape index (κ2) is 21.2. The normalized spacial score (nSPS) is 14.3. The second-order valence-electron chi connectivity index (χ2n) is 24.4. The van der Waals surface area contributed by atoms with Gasteiger partial charge in [0, 0.05) is 55.1 Å². The molecule has 85 heavy (non-hydrogen) atoms. The van der Waals surface area contributed by atoms with Crippen LogP contribution < -0.4 is 9.30 Å². The number of nitrogens with zero attached hydrogens (tertiary/aromatic N) is 5. The van der Waals surface area contributed by atoms with Gasteiger partial charge in [-0.2, -0.15) is 12.1 Å². The number of aromatic nitrogens is 5. The van der Waals surface area contributed by atoms with Crippen LogP contribution in [0.15, 0.2) is 230 Å². The quantitative estimate of drug-likeness (QED) is 0.107. The molecule has 4 heterocycles. The van der Waals surface area contributed by atoms with Gasteiger partial charge < -0.3 is 18.4 Å². The summed E-state index contributed by atoms with van der Waals surface area (Å²) in [5.74, 6) is 0.807. The number of rotatable bonds is 9. The maximum absolute atomic E-state index is 9.67. The topological polar surface area (TPSA) is 40.8 Å². The molecule has 0 bridgehead atoms. The molecule has 0 fully saturated rings. The zero-order valence-electron chi connectivity index (χ0n) is 61.4. The molecule has 0 spiro atoms. The van der Waals surface area contributed by atoms with Crippen LogP contribution in [0.3, 0.4) is 0 Å². The Bertz CT molecular complexity index is 5540. The van der Waals surface area contributed by atoms with Gasteiger partial charge in [-0.1, -0.05) is 243 Å². The average Bonchev–Trinajstić information content (AvgIpc) is 1.53. The van der Waals surface area contributed by atoms with Gasteiger partial charge in [-0.15, -0.1) is 24.3 Å². The van der Waals surface area contributed by atoms with Crippen molar-refractivity contribution in [2.75, 3.05) is 0 Å². The van der Waals surface area contributed by atoms with Crippen LogP contribution in [0.4, 0.5) is 0 Å². The Balaban J connectivity index is 0.00000864. The first-order valence-electron chi connectivity index (χ1n) is 34.5. The molecular formula is C78H65N5OPt-2. The van der Waals surface area contributed by atoms with Crippen LogP contribution in [0.25, 0.3) is 111 Å². The van der Waals surface area contributed by atoms with E-state index in [1.807, 2.05) is 117 Å². The summed E-state index contributed by atoms with van der Waals surface area (Å²) in [6.45, 7) is 19.3. The molecule has 10 aromatic carbocycles.